The molecule has 0 spiro atoms. The molecule has 1 fully saturated rings. The van der Waals surface area contributed by atoms with Crippen LogP contribution in [-0.2, 0) is 14.8 Å². The maximum absolute atomic E-state index is 14.4. The first kappa shape index (κ1) is 21.4. The number of sulfonamides is 1. The lowest BCUT2D eigenvalue weighted by Gasteiger charge is -2.26. The number of hydrogen-bond donors (Lipinski definition) is 0. The quantitative estimate of drug-likeness (QED) is 0.506. The largest absolute Gasteiger partial charge is 0.454 e. The third-order valence-corrected chi connectivity index (χ3v) is 6.83. The lowest BCUT2D eigenvalue weighted by atomic mass is 10.1. The number of halogens is 2. The van der Waals surface area contributed by atoms with E-state index in [2.05, 4.69) is 0 Å². The zero-order valence-electron chi connectivity index (χ0n) is 15.4. The number of hydrogen-bond acceptors (Lipinski definition) is 5. The fourth-order valence-corrected chi connectivity index (χ4v) is 4.86. The number of Topliss-reactive ketones (excluding diaryl/α,β-unsaturated/α-hetero) is 1. The summed E-state index contributed by atoms with van der Waals surface area (Å²) in [5.74, 6) is -2.48. The highest BCUT2D eigenvalue weighted by molar-refractivity contribution is 7.89. The third kappa shape index (κ3) is 4.83. The number of ketones is 1. The van der Waals surface area contributed by atoms with Gasteiger partial charge in [0, 0.05) is 18.7 Å². The van der Waals surface area contributed by atoms with Crippen LogP contribution in [0.15, 0.2) is 47.4 Å². The van der Waals surface area contributed by atoms with Gasteiger partial charge in [0.05, 0.1) is 10.6 Å². The molecule has 2 aromatic rings. The van der Waals surface area contributed by atoms with E-state index in [1.807, 2.05) is 0 Å². The van der Waals surface area contributed by atoms with Gasteiger partial charge in [0.1, 0.15) is 10.7 Å². The van der Waals surface area contributed by atoms with E-state index in [4.69, 9.17) is 16.3 Å². The summed E-state index contributed by atoms with van der Waals surface area (Å²) in [4.78, 5) is 23.8. The van der Waals surface area contributed by atoms with Crippen LogP contribution in [0.5, 0.6) is 0 Å². The van der Waals surface area contributed by atoms with E-state index in [9.17, 15) is 22.4 Å². The Labute approximate surface area is 173 Å². The lowest BCUT2D eigenvalue weighted by molar-refractivity contribution is 0.0474. The smallest absolute Gasteiger partial charge is 0.340 e. The van der Waals surface area contributed by atoms with Crippen molar-refractivity contribution in [2.75, 3.05) is 19.7 Å². The summed E-state index contributed by atoms with van der Waals surface area (Å²) >= 11 is 5.93. The number of benzene rings is 2. The second-order valence-corrected chi connectivity index (χ2v) is 8.91. The zero-order valence-corrected chi connectivity index (χ0v) is 17.0. The van der Waals surface area contributed by atoms with Crippen LogP contribution in [-0.4, -0.2) is 44.2 Å². The van der Waals surface area contributed by atoms with Crippen molar-refractivity contribution < 1.29 is 27.1 Å². The summed E-state index contributed by atoms with van der Waals surface area (Å²) in [6.45, 7) is 0.0241. The Bertz CT molecular complexity index is 1020. The average molecular weight is 440 g/mol. The fourth-order valence-electron chi connectivity index (χ4n) is 3.04. The minimum absolute atomic E-state index is 0.287. The Kier molecular flexibility index (Phi) is 6.66. The standard InChI is InChI=1S/C20H19ClFNO5S/c21-16-12-17(22)19(29(26,27)23-9-5-2-6-10-23)11-15(16)20(25)28-13-18(24)14-7-3-1-4-8-14/h1,3-4,7-8,11-12H,2,5-6,9-10,13H2. The first-order valence-electron chi connectivity index (χ1n) is 9.05. The molecule has 29 heavy (non-hydrogen) atoms. The minimum atomic E-state index is -4.11. The number of ether oxygens (including phenoxy) is 1. The predicted octanol–water partition coefficient (Wildman–Crippen LogP) is 3.69. The molecule has 0 unspecified atom stereocenters. The summed E-state index contributed by atoms with van der Waals surface area (Å²) < 4.78 is 46.1. The van der Waals surface area contributed by atoms with E-state index in [1.165, 1.54) is 4.31 Å². The van der Waals surface area contributed by atoms with E-state index >= 15 is 0 Å². The Morgan fingerprint density at radius 1 is 1.07 bits per heavy atom. The summed E-state index contributed by atoms with van der Waals surface area (Å²) in [6.07, 6.45) is 2.28. The topological polar surface area (TPSA) is 80.8 Å². The first-order valence-corrected chi connectivity index (χ1v) is 10.9. The number of esters is 1. The van der Waals surface area contributed by atoms with Gasteiger partial charge in [-0.2, -0.15) is 4.31 Å². The summed E-state index contributed by atoms with van der Waals surface area (Å²) in [6, 6.07) is 9.87. The second kappa shape index (κ2) is 9.02. The van der Waals surface area contributed by atoms with Crippen LogP contribution < -0.4 is 0 Å². The number of nitrogens with zero attached hydrogens (tertiary/aromatic N) is 1. The molecule has 154 valence electrons. The summed E-state index contributed by atoms with van der Waals surface area (Å²) in [5, 5.41) is -0.294. The molecule has 0 aromatic heterocycles. The SMILES string of the molecule is O=C(COC(=O)c1cc(S(=O)(=O)N2CCCCC2)c(F)cc1Cl)c1ccccc1. The highest BCUT2D eigenvalue weighted by atomic mass is 35.5. The number of carbonyl (C=O) groups excluding carboxylic acids is 2. The summed E-state index contributed by atoms with van der Waals surface area (Å²) in [7, 11) is -4.11. The Morgan fingerprint density at radius 2 is 1.72 bits per heavy atom. The van der Waals surface area contributed by atoms with Gasteiger partial charge in [-0.05, 0) is 25.0 Å². The fraction of sp³-hybridized carbons (Fsp3) is 0.300. The maximum atomic E-state index is 14.4. The van der Waals surface area contributed by atoms with Gasteiger partial charge < -0.3 is 4.74 Å². The Morgan fingerprint density at radius 3 is 2.38 bits per heavy atom. The van der Waals surface area contributed by atoms with Crippen molar-refractivity contribution in [1.29, 1.82) is 0 Å². The second-order valence-electron chi connectivity index (χ2n) is 6.59. The van der Waals surface area contributed by atoms with Gasteiger partial charge in [0.25, 0.3) is 0 Å². The molecule has 0 aliphatic carbocycles. The molecule has 0 N–H and O–H groups in total. The number of carbonyl (C=O) groups is 2. The van der Waals surface area contributed by atoms with Crippen LogP contribution in [0.3, 0.4) is 0 Å². The van der Waals surface area contributed by atoms with Crippen LogP contribution in [0.1, 0.15) is 40.0 Å². The van der Waals surface area contributed by atoms with Crippen molar-refractivity contribution in [3.63, 3.8) is 0 Å². The van der Waals surface area contributed by atoms with E-state index < -0.39 is 39.1 Å². The van der Waals surface area contributed by atoms with Gasteiger partial charge in [0.2, 0.25) is 10.0 Å². The van der Waals surface area contributed by atoms with Crippen molar-refractivity contribution in [1.82, 2.24) is 4.31 Å². The zero-order chi connectivity index (χ0) is 21.0. The molecule has 0 atom stereocenters. The number of piperidine rings is 1. The minimum Gasteiger partial charge on any atom is -0.454 e. The molecule has 9 heteroatoms. The van der Waals surface area contributed by atoms with Crippen LogP contribution in [0.25, 0.3) is 0 Å². The molecule has 1 saturated heterocycles. The molecule has 3 rings (SSSR count). The maximum Gasteiger partial charge on any atom is 0.340 e. The number of rotatable bonds is 6. The molecule has 1 aliphatic heterocycles. The summed E-state index contributed by atoms with van der Waals surface area (Å²) in [5.41, 5.74) is 0.0448. The molecule has 0 saturated carbocycles. The van der Waals surface area contributed by atoms with E-state index in [0.717, 1.165) is 18.6 Å². The molecule has 2 aromatic carbocycles. The van der Waals surface area contributed by atoms with E-state index in [-0.39, 0.29) is 23.7 Å². The molecular weight excluding hydrogens is 421 g/mol. The van der Waals surface area contributed by atoms with Crippen molar-refractivity contribution in [3.05, 3.63) is 64.4 Å². The van der Waals surface area contributed by atoms with Crippen molar-refractivity contribution in [3.8, 4) is 0 Å². The van der Waals surface area contributed by atoms with Crippen molar-refractivity contribution in [2.45, 2.75) is 24.2 Å². The molecule has 0 bridgehead atoms. The van der Waals surface area contributed by atoms with Crippen LogP contribution in [0.4, 0.5) is 4.39 Å². The molecular formula is C20H19ClFNO5S. The van der Waals surface area contributed by atoms with Crippen molar-refractivity contribution in [2.24, 2.45) is 0 Å². The normalized spacial score (nSPS) is 15.1. The Hall–Kier alpha value is -2.29. The van der Waals surface area contributed by atoms with Crippen LogP contribution in [0.2, 0.25) is 5.02 Å². The average Bonchev–Trinajstić information content (AvgIpc) is 2.73. The van der Waals surface area contributed by atoms with Gasteiger partial charge >= 0.3 is 5.97 Å². The highest BCUT2D eigenvalue weighted by Crippen LogP contribution is 2.28. The van der Waals surface area contributed by atoms with Gasteiger partial charge in [-0.25, -0.2) is 17.6 Å². The van der Waals surface area contributed by atoms with E-state index in [0.29, 0.717) is 18.4 Å². The first-order chi connectivity index (χ1) is 13.8. The lowest BCUT2D eigenvalue weighted by Crippen LogP contribution is -2.36. The van der Waals surface area contributed by atoms with Gasteiger partial charge in [0.15, 0.2) is 12.4 Å². The van der Waals surface area contributed by atoms with Gasteiger partial charge in [-0.15, -0.1) is 0 Å². The molecule has 0 radical (unpaired) electrons. The van der Waals surface area contributed by atoms with Gasteiger partial charge in [-0.3, -0.25) is 4.79 Å². The molecule has 1 heterocycles. The molecule has 0 amide bonds. The van der Waals surface area contributed by atoms with Gasteiger partial charge in [-0.1, -0.05) is 48.4 Å². The molecule has 1 aliphatic rings. The predicted molar refractivity (Wildman–Crippen MR) is 105 cm³/mol. The van der Waals surface area contributed by atoms with Crippen molar-refractivity contribution >= 4 is 33.4 Å². The molecule has 6 nitrogen and oxygen atoms in total. The van der Waals surface area contributed by atoms with E-state index in [1.54, 1.807) is 30.3 Å². The third-order valence-electron chi connectivity index (χ3n) is 4.60. The van der Waals surface area contributed by atoms with Crippen LogP contribution in [0, 0.1) is 5.82 Å². The monoisotopic (exact) mass is 439 g/mol. The Balaban J connectivity index is 1.81. The highest BCUT2D eigenvalue weighted by Gasteiger charge is 2.30. The van der Waals surface area contributed by atoms with Crippen LogP contribution >= 0.6 is 11.6 Å².